The summed E-state index contributed by atoms with van der Waals surface area (Å²) in [4.78, 5) is 14.1. The van der Waals surface area contributed by atoms with Crippen LogP contribution in [0.4, 0.5) is 4.39 Å². The van der Waals surface area contributed by atoms with E-state index in [2.05, 4.69) is 0 Å². The van der Waals surface area contributed by atoms with E-state index in [-0.39, 0.29) is 11.5 Å². The maximum absolute atomic E-state index is 13.0. The predicted molar refractivity (Wildman–Crippen MR) is 73.2 cm³/mol. The molecule has 0 atom stereocenters. The minimum absolute atomic E-state index is 0.199. The molecule has 0 bridgehead atoms. The predicted octanol–water partition coefficient (Wildman–Crippen LogP) is 2.56. The quantitative estimate of drug-likeness (QED) is 0.926. The molecule has 1 aromatic rings. The highest BCUT2D eigenvalue weighted by Gasteiger charge is 2.35. The molecule has 0 aliphatic carbocycles. The van der Waals surface area contributed by atoms with E-state index in [1.165, 1.54) is 12.1 Å². The number of benzene rings is 1. The number of phenolic OH excluding ortho intramolecular Hbond substituents is 1. The maximum atomic E-state index is 13.0. The van der Waals surface area contributed by atoms with Gasteiger partial charge >= 0.3 is 0 Å². The molecule has 1 aliphatic heterocycles. The average molecular weight is 281 g/mol. The van der Waals surface area contributed by atoms with Gasteiger partial charge in [0.25, 0.3) is 5.91 Å². The number of aromatic hydroxyl groups is 1. The summed E-state index contributed by atoms with van der Waals surface area (Å²) in [6, 6.07) is 3.68. The van der Waals surface area contributed by atoms with E-state index in [0.717, 1.165) is 18.9 Å². The lowest BCUT2D eigenvalue weighted by molar-refractivity contribution is -0.103. The minimum Gasteiger partial charge on any atom is -0.505 e. The van der Waals surface area contributed by atoms with Crippen molar-refractivity contribution < 1.29 is 19.0 Å². The van der Waals surface area contributed by atoms with Crippen LogP contribution in [0.25, 0.3) is 0 Å². The van der Waals surface area contributed by atoms with Gasteiger partial charge in [0.2, 0.25) is 0 Å². The van der Waals surface area contributed by atoms with Crippen molar-refractivity contribution >= 4 is 5.91 Å². The second-order valence-electron chi connectivity index (χ2n) is 5.13. The van der Waals surface area contributed by atoms with Crippen molar-refractivity contribution in [1.29, 1.82) is 0 Å². The number of carbonyl (C=O) groups excluding carboxylic acids is 1. The van der Waals surface area contributed by atoms with E-state index in [4.69, 9.17) is 4.74 Å². The third-order valence-corrected chi connectivity index (χ3v) is 4.02. The summed E-state index contributed by atoms with van der Waals surface area (Å²) in [5, 5.41) is 9.37. The third-order valence-electron chi connectivity index (χ3n) is 4.02. The molecule has 4 nitrogen and oxygen atoms in total. The van der Waals surface area contributed by atoms with Gasteiger partial charge < -0.3 is 14.7 Å². The van der Waals surface area contributed by atoms with Crippen molar-refractivity contribution in [3.8, 4) is 5.75 Å². The maximum Gasteiger partial charge on any atom is 0.254 e. The van der Waals surface area contributed by atoms with Crippen molar-refractivity contribution in [2.45, 2.75) is 32.3 Å². The molecule has 5 heteroatoms. The molecule has 0 spiro atoms. The molecule has 0 saturated carbocycles. The van der Waals surface area contributed by atoms with Crippen LogP contribution in [0.15, 0.2) is 18.2 Å². The molecule has 1 saturated heterocycles. The van der Waals surface area contributed by atoms with Gasteiger partial charge in [-0.3, -0.25) is 4.79 Å². The summed E-state index contributed by atoms with van der Waals surface area (Å²) in [6.07, 6.45) is 1.67. The topological polar surface area (TPSA) is 49.8 Å². The van der Waals surface area contributed by atoms with Crippen molar-refractivity contribution in [3.05, 3.63) is 29.6 Å². The lowest BCUT2D eigenvalue weighted by Gasteiger charge is -2.42. The number of phenols is 1. The molecule has 0 unspecified atom stereocenters. The Morgan fingerprint density at radius 2 is 2.15 bits per heavy atom. The normalized spacial score (nSPS) is 18.1. The molecular formula is C15H20FNO3. The Kier molecular flexibility index (Phi) is 4.28. The fraction of sp³-hybridized carbons (Fsp3) is 0.533. The number of ether oxygens (including phenoxy) is 1. The van der Waals surface area contributed by atoms with Crippen LogP contribution in [0.5, 0.6) is 5.75 Å². The molecule has 1 heterocycles. The highest BCUT2D eigenvalue weighted by Crippen LogP contribution is 2.27. The molecule has 110 valence electrons. The van der Waals surface area contributed by atoms with Gasteiger partial charge in [-0.05, 0) is 31.0 Å². The zero-order valence-corrected chi connectivity index (χ0v) is 11.9. The molecular weight excluding hydrogens is 261 g/mol. The standard InChI is InChI=1S/C15H20FNO3/c1-3-15(4-2)10-17(7-8-20-15)14(19)11-5-6-12(16)13(18)9-11/h5-6,9,18H,3-4,7-8,10H2,1-2H3. The van der Waals surface area contributed by atoms with E-state index in [1.54, 1.807) is 4.90 Å². The molecule has 1 aromatic carbocycles. The van der Waals surface area contributed by atoms with Gasteiger partial charge in [-0.1, -0.05) is 13.8 Å². The zero-order valence-electron chi connectivity index (χ0n) is 11.9. The van der Waals surface area contributed by atoms with Crippen LogP contribution in [-0.2, 0) is 4.74 Å². The Labute approximate surface area is 118 Å². The molecule has 20 heavy (non-hydrogen) atoms. The number of nitrogens with zero attached hydrogens (tertiary/aromatic N) is 1. The highest BCUT2D eigenvalue weighted by atomic mass is 19.1. The fourth-order valence-electron chi connectivity index (χ4n) is 2.52. The summed E-state index contributed by atoms with van der Waals surface area (Å²) in [5.41, 5.74) is 0.00241. The smallest absolute Gasteiger partial charge is 0.254 e. The van der Waals surface area contributed by atoms with Crippen molar-refractivity contribution in [3.63, 3.8) is 0 Å². The lowest BCUT2D eigenvalue weighted by Crippen LogP contribution is -2.53. The van der Waals surface area contributed by atoms with Crippen LogP contribution < -0.4 is 0 Å². The van der Waals surface area contributed by atoms with Gasteiger partial charge in [-0.25, -0.2) is 4.39 Å². The first-order valence-corrected chi connectivity index (χ1v) is 6.93. The van der Waals surface area contributed by atoms with Crippen LogP contribution in [0.1, 0.15) is 37.0 Å². The summed E-state index contributed by atoms with van der Waals surface area (Å²) in [7, 11) is 0. The van der Waals surface area contributed by atoms with Crippen LogP contribution in [0.3, 0.4) is 0 Å². The number of amides is 1. The van der Waals surface area contributed by atoms with Gasteiger partial charge in [0.05, 0.1) is 18.8 Å². The van der Waals surface area contributed by atoms with Gasteiger partial charge in [0, 0.05) is 12.1 Å². The lowest BCUT2D eigenvalue weighted by atomic mass is 9.94. The number of rotatable bonds is 3. The van der Waals surface area contributed by atoms with Crippen LogP contribution in [-0.4, -0.2) is 41.2 Å². The number of halogens is 1. The Hall–Kier alpha value is -1.62. The second-order valence-corrected chi connectivity index (χ2v) is 5.13. The number of hydrogen-bond acceptors (Lipinski definition) is 3. The molecule has 1 N–H and O–H groups in total. The Balaban J connectivity index is 2.18. The molecule has 1 fully saturated rings. The minimum atomic E-state index is -0.722. The molecule has 0 aromatic heterocycles. The molecule has 1 aliphatic rings. The summed E-state index contributed by atoms with van der Waals surface area (Å²) in [6.45, 7) is 5.62. The Morgan fingerprint density at radius 1 is 1.45 bits per heavy atom. The van der Waals surface area contributed by atoms with Gasteiger partial charge in [0.15, 0.2) is 11.6 Å². The second kappa shape index (κ2) is 5.79. The van der Waals surface area contributed by atoms with Crippen LogP contribution >= 0.6 is 0 Å². The van der Waals surface area contributed by atoms with Crippen LogP contribution in [0, 0.1) is 5.82 Å². The first-order valence-electron chi connectivity index (χ1n) is 6.93. The number of carbonyl (C=O) groups is 1. The largest absolute Gasteiger partial charge is 0.505 e. The van der Waals surface area contributed by atoms with E-state index in [0.29, 0.717) is 25.3 Å². The molecule has 0 radical (unpaired) electrons. The van der Waals surface area contributed by atoms with Crippen molar-refractivity contribution in [1.82, 2.24) is 4.90 Å². The average Bonchev–Trinajstić information content (AvgIpc) is 2.49. The number of hydrogen-bond donors (Lipinski definition) is 1. The first-order chi connectivity index (χ1) is 9.51. The highest BCUT2D eigenvalue weighted by molar-refractivity contribution is 5.94. The summed E-state index contributed by atoms with van der Waals surface area (Å²) >= 11 is 0. The van der Waals surface area contributed by atoms with Gasteiger partial charge in [-0.15, -0.1) is 0 Å². The Bertz CT molecular complexity index is 500. The van der Waals surface area contributed by atoms with Crippen molar-refractivity contribution in [2.75, 3.05) is 19.7 Å². The number of morpholine rings is 1. The van der Waals surface area contributed by atoms with E-state index in [9.17, 15) is 14.3 Å². The van der Waals surface area contributed by atoms with E-state index >= 15 is 0 Å². The van der Waals surface area contributed by atoms with Gasteiger partial charge in [-0.2, -0.15) is 0 Å². The summed E-state index contributed by atoms with van der Waals surface area (Å²) in [5.74, 6) is -1.42. The molecule has 2 rings (SSSR count). The van der Waals surface area contributed by atoms with E-state index in [1.807, 2.05) is 13.8 Å². The van der Waals surface area contributed by atoms with E-state index < -0.39 is 11.6 Å². The SMILES string of the molecule is CCC1(CC)CN(C(=O)c2ccc(F)c(O)c2)CCO1. The van der Waals surface area contributed by atoms with Crippen molar-refractivity contribution in [2.24, 2.45) is 0 Å². The fourth-order valence-corrected chi connectivity index (χ4v) is 2.52. The van der Waals surface area contributed by atoms with Gasteiger partial charge in [0.1, 0.15) is 0 Å². The molecule has 1 amide bonds. The zero-order chi connectivity index (χ0) is 14.8. The van der Waals surface area contributed by atoms with Crippen LogP contribution in [0.2, 0.25) is 0 Å². The monoisotopic (exact) mass is 281 g/mol. The summed E-state index contributed by atoms with van der Waals surface area (Å²) < 4.78 is 18.9. The Morgan fingerprint density at radius 3 is 2.75 bits per heavy atom. The first kappa shape index (κ1) is 14.8. The third kappa shape index (κ3) is 2.77.